The number of aromatic nitrogens is 1. The molecular weight excluding hydrogens is 477 g/mol. The van der Waals surface area contributed by atoms with E-state index in [1.165, 1.54) is 48.1 Å². The van der Waals surface area contributed by atoms with Crippen LogP contribution in [-0.4, -0.2) is 12.4 Å². The summed E-state index contributed by atoms with van der Waals surface area (Å²) >= 11 is 3.93. The molecule has 0 saturated carbocycles. The first-order chi connectivity index (χ1) is 17.4. The number of benzene rings is 3. The van der Waals surface area contributed by atoms with Gasteiger partial charge in [0, 0.05) is 24.1 Å². The summed E-state index contributed by atoms with van der Waals surface area (Å²) in [5, 5.41) is 1.78. The maximum absolute atomic E-state index is 2.51. The van der Waals surface area contributed by atoms with Crippen molar-refractivity contribution in [1.29, 1.82) is 0 Å². The van der Waals surface area contributed by atoms with Gasteiger partial charge in [-0.2, -0.15) is 4.57 Å². The van der Waals surface area contributed by atoms with Gasteiger partial charge in [0.1, 0.15) is 11.7 Å². The Kier molecular flexibility index (Phi) is 6.27. The summed E-state index contributed by atoms with van der Waals surface area (Å²) in [6.45, 7) is 4.37. The van der Waals surface area contributed by atoms with Gasteiger partial charge in [-0.3, -0.25) is 0 Å². The molecule has 6 rings (SSSR count). The van der Waals surface area contributed by atoms with Gasteiger partial charge in [0.05, 0.1) is 11.1 Å². The Morgan fingerprint density at radius 3 is 2.58 bits per heavy atom. The molecule has 2 nitrogen and oxygen atoms in total. The molecule has 4 heteroatoms. The standard InChI is InChI=1S/C32H33N2S2/c1-21-10-12-27-29(14-21)35-31(33(27)3)19-23-16-24(18-26(17-23)25-8-6-5-7-9-25)20-32-34(4)28-13-11-22(2)15-30(28)36-32/h5-16,19,26,32H,17-18,20H2,1-4H3/q+1. The number of allylic oxidation sites excluding steroid dienone is 2. The first-order valence-electron chi connectivity index (χ1n) is 12.8. The number of rotatable bonds is 4. The van der Waals surface area contributed by atoms with E-state index in [0.29, 0.717) is 11.3 Å². The number of hydrogen-bond donors (Lipinski definition) is 0. The summed E-state index contributed by atoms with van der Waals surface area (Å²) in [5.74, 6) is 0.528. The monoisotopic (exact) mass is 509 g/mol. The molecule has 2 atom stereocenters. The number of thiazole rings is 1. The van der Waals surface area contributed by atoms with Crippen LogP contribution in [0.5, 0.6) is 0 Å². The lowest BCUT2D eigenvalue weighted by Gasteiger charge is -2.28. The molecule has 0 saturated heterocycles. The van der Waals surface area contributed by atoms with Gasteiger partial charge in [-0.1, -0.05) is 77.2 Å². The average molecular weight is 510 g/mol. The van der Waals surface area contributed by atoms with E-state index in [1.807, 2.05) is 23.1 Å². The molecule has 4 aromatic rings. The van der Waals surface area contributed by atoms with Crippen molar-refractivity contribution in [1.82, 2.24) is 0 Å². The van der Waals surface area contributed by atoms with Gasteiger partial charge in [0.2, 0.25) is 5.52 Å². The minimum absolute atomic E-state index is 0.451. The number of nitrogens with zero attached hydrogens (tertiary/aromatic N) is 2. The van der Waals surface area contributed by atoms with E-state index in [4.69, 9.17) is 0 Å². The van der Waals surface area contributed by atoms with Crippen molar-refractivity contribution in [3.8, 4) is 0 Å². The van der Waals surface area contributed by atoms with Crippen molar-refractivity contribution < 1.29 is 4.57 Å². The average Bonchev–Trinajstić information content (AvgIpc) is 3.34. The fourth-order valence-electron chi connectivity index (χ4n) is 5.61. The Morgan fingerprint density at radius 1 is 0.972 bits per heavy atom. The molecule has 0 bridgehead atoms. The Bertz CT molecular complexity index is 1500. The Labute approximate surface area is 223 Å². The van der Waals surface area contributed by atoms with Gasteiger partial charge in [-0.25, -0.2) is 0 Å². The molecule has 2 unspecified atom stereocenters. The second kappa shape index (κ2) is 9.57. The number of hydrogen-bond acceptors (Lipinski definition) is 3. The van der Waals surface area contributed by atoms with Crippen molar-refractivity contribution in [3.05, 3.63) is 106 Å². The van der Waals surface area contributed by atoms with Crippen LogP contribution in [0.15, 0.2) is 88.8 Å². The van der Waals surface area contributed by atoms with Gasteiger partial charge in [-0.05, 0) is 79.5 Å². The summed E-state index contributed by atoms with van der Waals surface area (Å²) in [6.07, 6.45) is 8.27. The Morgan fingerprint density at radius 2 is 1.75 bits per heavy atom. The highest BCUT2D eigenvalue weighted by atomic mass is 32.2. The third-order valence-corrected chi connectivity index (χ3v) is 10.1. The minimum Gasteiger partial charge on any atom is -0.361 e. The summed E-state index contributed by atoms with van der Waals surface area (Å²) in [7, 11) is 4.46. The molecule has 0 radical (unpaired) electrons. The summed E-state index contributed by atoms with van der Waals surface area (Å²) in [6, 6.07) is 24.8. The van der Waals surface area contributed by atoms with Crippen LogP contribution >= 0.6 is 23.1 Å². The number of fused-ring (bicyclic) bond motifs is 2. The lowest BCUT2D eigenvalue weighted by Crippen LogP contribution is -2.29. The highest BCUT2D eigenvalue weighted by molar-refractivity contribution is 8.00. The maximum atomic E-state index is 2.51. The second-order valence-electron chi connectivity index (χ2n) is 10.4. The smallest absolute Gasteiger partial charge is 0.262 e. The Balaban J connectivity index is 1.34. The summed E-state index contributed by atoms with van der Waals surface area (Å²) < 4.78 is 3.71. The normalized spacial score (nSPS) is 20.7. The first kappa shape index (κ1) is 23.6. The zero-order valence-electron chi connectivity index (χ0n) is 21.5. The van der Waals surface area contributed by atoms with E-state index in [9.17, 15) is 0 Å². The molecule has 36 heavy (non-hydrogen) atoms. The topological polar surface area (TPSA) is 7.12 Å². The van der Waals surface area contributed by atoms with E-state index in [-0.39, 0.29) is 0 Å². The van der Waals surface area contributed by atoms with E-state index < -0.39 is 0 Å². The highest BCUT2D eigenvalue weighted by Crippen LogP contribution is 2.47. The lowest BCUT2D eigenvalue weighted by molar-refractivity contribution is -0.642. The van der Waals surface area contributed by atoms with Crippen molar-refractivity contribution in [2.45, 2.75) is 49.3 Å². The van der Waals surface area contributed by atoms with Crippen molar-refractivity contribution in [3.63, 3.8) is 0 Å². The largest absolute Gasteiger partial charge is 0.361 e. The highest BCUT2D eigenvalue weighted by Gasteiger charge is 2.30. The second-order valence-corrected chi connectivity index (χ2v) is 12.6. The summed E-state index contributed by atoms with van der Waals surface area (Å²) in [5.41, 5.74) is 9.81. The van der Waals surface area contributed by atoms with E-state index in [0.717, 1.165) is 19.3 Å². The van der Waals surface area contributed by atoms with Crippen LogP contribution in [0.25, 0.3) is 16.3 Å². The van der Waals surface area contributed by atoms with Crippen LogP contribution in [0.3, 0.4) is 0 Å². The third-order valence-electron chi connectivity index (χ3n) is 7.61. The molecule has 2 heterocycles. The number of anilines is 1. The van der Waals surface area contributed by atoms with Crippen LogP contribution in [0.1, 0.15) is 46.9 Å². The molecule has 182 valence electrons. The number of thioether (sulfide) groups is 1. The number of aryl methyl sites for hydroxylation is 3. The first-order valence-corrected chi connectivity index (χ1v) is 14.5. The van der Waals surface area contributed by atoms with Gasteiger partial charge in [-0.15, -0.1) is 0 Å². The molecular formula is C32H33N2S2+. The fraction of sp³-hybridized carbons (Fsp3) is 0.281. The van der Waals surface area contributed by atoms with E-state index in [1.54, 1.807) is 5.57 Å². The fourth-order valence-corrected chi connectivity index (χ4v) is 8.29. The Hall–Kier alpha value is -2.82. The molecule has 0 spiro atoms. The molecule has 0 N–H and O–H groups in total. The van der Waals surface area contributed by atoms with Crippen LogP contribution in [0, 0.1) is 13.8 Å². The van der Waals surface area contributed by atoms with Crippen molar-refractivity contribution >= 4 is 45.1 Å². The molecule has 0 fully saturated rings. The van der Waals surface area contributed by atoms with Crippen molar-refractivity contribution in [2.24, 2.45) is 7.05 Å². The molecule has 1 aromatic heterocycles. The lowest BCUT2D eigenvalue weighted by atomic mass is 9.80. The SMILES string of the molecule is Cc1ccc2c(c1)SC(CC1=CC(=Cc3sc4cc(C)ccc4[n+]3C)CC(c3ccccc3)C1)N2C. The molecule has 3 aromatic carbocycles. The predicted octanol–water partition coefficient (Wildman–Crippen LogP) is 8.19. The van der Waals surface area contributed by atoms with Crippen LogP contribution in [-0.2, 0) is 7.05 Å². The zero-order chi connectivity index (χ0) is 24.8. The van der Waals surface area contributed by atoms with Crippen LogP contribution < -0.4 is 9.47 Å². The van der Waals surface area contributed by atoms with Crippen LogP contribution in [0.2, 0.25) is 0 Å². The minimum atomic E-state index is 0.451. The van der Waals surface area contributed by atoms with Gasteiger partial charge in [0.15, 0.2) is 0 Å². The third kappa shape index (κ3) is 4.53. The van der Waals surface area contributed by atoms with Crippen LogP contribution in [0.4, 0.5) is 5.69 Å². The van der Waals surface area contributed by atoms with Gasteiger partial charge >= 0.3 is 0 Å². The molecule has 1 aliphatic heterocycles. The zero-order valence-corrected chi connectivity index (χ0v) is 23.1. The summed E-state index contributed by atoms with van der Waals surface area (Å²) in [4.78, 5) is 3.89. The van der Waals surface area contributed by atoms with Crippen molar-refractivity contribution in [2.75, 3.05) is 11.9 Å². The molecule has 2 aliphatic rings. The molecule has 0 amide bonds. The van der Waals surface area contributed by atoms with E-state index in [2.05, 4.69) is 116 Å². The van der Waals surface area contributed by atoms with Gasteiger partial charge < -0.3 is 4.90 Å². The molecule has 1 aliphatic carbocycles. The quantitative estimate of drug-likeness (QED) is 0.256. The maximum Gasteiger partial charge on any atom is 0.262 e. The van der Waals surface area contributed by atoms with E-state index >= 15 is 0 Å². The predicted molar refractivity (Wildman–Crippen MR) is 156 cm³/mol. The van der Waals surface area contributed by atoms with Gasteiger partial charge in [0.25, 0.3) is 5.01 Å².